The maximum atomic E-state index is 13.0. The molecule has 2 aliphatic heterocycles. The van der Waals surface area contributed by atoms with Gasteiger partial charge < -0.3 is 25.0 Å². The summed E-state index contributed by atoms with van der Waals surface area (Å²) in [6, 6.07) is 5.77. The Morgan fingerprint density at radius 1 is 1.33 bits per heavy atom. The number of anilines is 2. The van der Waals surface area contributed by atoms with Crippen LogP contribution < -0.4 is 15.5 Å². The number of alkyl halides is 1. The maximum Gasteiger partial charge on any atom is 0.275 e. The number of carbonyl (C=O) groups excluding carboxylic acids is 2. The van der Waals surface area contributed by atoms with Crippen LogP contribution in [0.5, 0.6) is 0 Å². The van der Waals surface area contributed by atoms with Gasteiger partial charge in [-0.3, -0.25) is 18.9 Å². The highest BCUT2D eigenvalue weighted by molar-refractivity contribution is 7.14. The molecule has 0 radical (unpaired) electrons. The van der Waals surface area contributed by atoms with Gasteiger partial charge in [-0.2, -0.15) is 0 Å². The van der Waals surface area contributed by atoms with E-state index in [1.54, 1.807) is 24.6 Å². The van der Waals surface area contributed by atoms with Crippen LogP contribution in [0.4, 0.5) is 15.2 Å². The summed E-state index contributed by atoms with van der Waals surface area (Å²) < 4.78 is 23.5. The summed E-state index contributed by atoms with van der Waals surface area (Å²) in [6.07, 6.45) is 2.30. The molecule has 0 aliphatic carbocycles. The molecule has 11 heteroatoms. The molecule has 196 valence electrons. The number of amides is 2. The first-order chi connectivity index (χ1) is 17.5. The first kappa shape index (κ1) is 26.5. The third-order valence-electron chi connectivity index (χ3n) is 6.61. The van der Waals surface area contributed by atoms with E-state index >= 15 is 0 Å². The van der Waals surface area contributed by atoms with E-state index in [1.807, 2.05) is 13.1 Å². The highest BCUT2D eigenvalue weighted by Gasteiger charge is 2.26. The van der Waals surface area contributed by atoms with E-state index < -0.39 is 6.67 Å². The number of halogens is 1. The number of nitrogens with one attached hydrogen (secondary N) is 2. The van der Waals surface area contributed by atoms with Crippen LogP contribution in [0.1, 0.15) is 45.7 Å². The summed E-state index contributed by atoms with van der Waals surface area (Å²) in [7, 11) is 3.73. The number of hydrogen-bond acceptors (Lipinski definition) is 8. The van der Waals surface area contributed by atoms with Crippen LogP contribution in [0.2, 0.25) is 0 Å². The summed E-state index contributed by atoms with van der Waals surface area (Å²) in [4.78, 5) is 34.8. The van der Waals surface area contributed by atoms with Gasteiger partial charge in [0.15, 0.2) is 5.13 Å². The number of ether oxygens (including phenoxy) is 2. The summed E-state index contributed by atoms with van der Waals surface area (Å²) in [5, 5.41) is 8.09. The van der Waals surface area contributed by atoms with Gasteiger partial charge in [-0.1, -0.05) is 6.07 Å². The standard InChI is InChI=1S/C25H34FN5O4S/c1-30(18-7-11-35-15-18)13-17-4-5-21(20(12-17)23(32)27-9-3-8-26)28-24(33)22-16-36-25(29-22)31-10-6-19(14-31)34-2/h4-5,12,16,18-19H,3,6-11,13-15H2,1-2H3,(H,27,32)(H,28,33)/t18-,19-/m0/s1. The minimum absolute atomic E-state index is 0.170. The molecule has 0 spiro atoms. The number of benzene rings is 1. The SMILES string of the molecule is CO[C@H]1CCN(c2nc(C(=O)Nc3ccc(CN(C)[C@H]4CCOC4)cc3C(=O)NCCCF)cs2)C1. The molecule has 2 fully saturated rings. The Morgan fingerprint density at radius 2 is 2.19 bits per heavy atom. The van der Waals surface area contributed by atoms with Crippen molar-refractivity contribution in [2.75, 3.05) is 63.9 Å². The van der Waals surface area contributed by atoms with E-state index in [-0.39, 0.29) is 30.9 Å². The van der Waals surface area contributed by atoms with Crippen LogP contribution in [0.25, 0.3) is 0 Å². The smallest absolute Gasteiger partial charge is 0.275 e. The Kier molecular flexibility index (Phi) is 9.24. The molecule has 1 aromatic heterocycles. The molecule has 2 atom stereocenters. The van der Waals surface area contributed by atoms with Crippen LogP contribution in [-0.2, 0) is 16.0 Å². The Balaban J connectivity index is 1.48. The Hall–Kier alpha value is -2.60. The lowest BCUT2D eigenvalue weighted by atomic mass is 10.1. The number of hydrogen-bond donors (Lipinski definition) is 2. The van der Waals surface area contributed by atoms with Crippen molar-refractivity contribution in [1.29, 1.82) is 0 Å². The van der Waals surface area contributed by atoms with Crippen LogP contribution in [-0.4, -0.2) is 87.5 Å². The molecule has 2 N–H and O–H groups in total. The van der Waals surface area contributed by atoms with Crippen LogP contribution in [0, 0.1) is 0 Å². The molecular weight excluding hydrogens is 485 g/mol. The van der Waals surface area contributed by atoms with Crippen molar-refractivity contribution in [3.8, 4) is 0 Å². The van der Waals surface area contributed by atoms with Crippen LogP contribution >= 0.6 is 11.3 Å². The quantitative estimate of drug-likeness (QED) is 0.441. The summed E-state index contributed by atoms with van der Waals surface area (Å²) in [5.74, 6) is -0.736. The number of likely N-dealkylation sites (N-methyl/N-ethyl adjacent to an activating group) is 1. The fourth-order valence-electron chi connectivity index (χ4n) is 4.43. The predicted octanol–water partition coefficient (Wildman–Crippen LogP) is 2.93. The van der Waals surface area contributed by atoms with Gasteiger partial charge in [0.05, 0.1) is 30.6 Å². The lowest BCUT2D eigenvalue weighted by Gasteiger charge is -2.23. The molecule has 2 aromatic rings. The zero-order valence-electron chi connectivity index (χ0n) is 20.8. The Labute approximate surface area is 215 Å². The van der Waals surface area contributed by atoms with Crippen molar-refractivity contribution in [3.05, 3.63) is 40.4 Å². The minimum Gasteiger partial charge on any atom is -0.380 e. The zero-order valence-corrected chi connectivity index (χ0v) is 21.6. The molecule has 3 heterocycles. The highest BCUT2D eigenvalue weighted by Crippen LogP contribution is 2.27. The van der Waals surface area contributed by atoms with Gasteiger partial charge in [0.2, 0.25) is 0 Å². The highest BCUT2D eigenvalue weighted by atomic mass is 32.1. The van der Waals surface area contributed by atoms with Gasteiger partial charge >= 0.3 is 0 Å². The largest absolute Gasteiger partial charge is 0.380 e. The van der Waals surface area contributed by atoms with Crippen molar-refractivity contribution in [3.63, 3.8) is 0 Å². The van der Waals surface area contributed by atoms with E-state index in [0.29, 0.717) is 36.1 Å². The Bertz CT molecular complexity index is 1050. The third kappa shape index (κ3) is 6.58. The number of aromatic nitrogens is 1. The van der Waals surface area contributed by atoms with Gasteiger partial charge in [0.1, 0.15) is 5.69 Å². The van der Waals surface area contributed by atoms with Gasteiger partial charge in [0, 0.05) is 51.3 Å². The monoisotopic (exact) mass is 519 g/mol. The molecule has 1 aromatic carbocycles. The second-order valence-corrected chi connectivity index (χ2v) is 10.0. The molecule has 36 heavy (non-hydrogen) atoms. The van der Waals surface area contributed by atoms with E-state index in [2.05, 4.69) is 25.4 Å². The molecule has 0 bridgehead atoms. The predicted molar refractivity (Wildman–Crippen MR) is 138 cm³/mol. The first-order valence-electron chi connectivity index (χ1n) is 12.3. The molecule has 2 aliphatic rings. The van der Waals surface area contributed by atoms with Crippen molar-refractivity contribution in [1.82, 2.24) is 15.2 Å². The molecule has 2 saturated heterocycles. The fourth-order valence-corrected chi connectivity index (χ4v) is 5.27. The van der Waals surface area contributed by atoms with Gasteiger partial charge in [-0.15, -0.1) is 11.3 Å². The van der Waals surface area contributed by atoms with E-state index in [1.165, 1.54) is 11.3 Å². The average Bonchev–Trinajstić information content (AvgIpc) is 3.66. The summed E-state index contributed by atoms with van der Waals surface area (Å²) in [5.41, 5.74) is 1.97. The fraction of sp³-hybridized carbons (Fsp3) is 0.560. The minimum atomic E-state index is -0.507. The number of methoxy groups -OCH3 is 1. The molecule has 2 amide bonds. The van der Waals surface area contributed by atoms with E-state index in [4.69, 9.17) is 9.47 Å². The molecule has 0 unspecified atom stereocenters. The third-order valence-corrected chi connectivity index (χ3v) is 7.51. The van der Waals surface area contributed by atoms with Crippen molar-refractivity contribution in [2.45, 2.75) is 38.0 Å². The normalized spacial score (nSPS) is 19.7. The van der Waals surface area contributed by atoms with Gasteiger partial charge in [-0.25, -0.2) is 4.98 Å². The average molecular weight is 520 g/mol. The van der Waals surface area contributed by atoms with Gasteiger partial charge in [0.25, 0.3) is 11.8 Å². The van der Waals surface area contributed by atoms with Crippen LogP contribution in [0.15, 0.2) is 23.6 Å². The molecule has 0 saturated carbocycles. The van der Waals surface area contributed by atoms with Crippen molar-refractivity contribution in [2.24, 2.45) is 0 Å². The zero-order chi connectivity index (χ0) is 25.5. The molecule has 4 rings (SSSR count). The molecule has 9 nitrogen and oxygen atoms in total. The number of rotatable bonds is 11. The van der Waals surface area contributed by atoms with Crippen molar-refractivity contribution >= 4 is 34.0 Å². The topological polar surface area (TPSA) is 96.0 Å². The molecular formula is C25H34FN5O4S. The Morgan fingerprint density at radius 3 is 2.92 bits per heavy atom. The second-order valence-electron chi connectivity index (χ2n) is 9.17. The first-order valence-corrected chi connectivity index (χ1v) is 13.2. The van der Waals surface area contributed by atoms with Crippen LogP contribution in [0.3, 0.4) is 0 Å². The second kappa shape index (κ2) is 12.6. The summed E-state index contributed by atoms with van der Waals surface area (Å²) >= 11 is 1.41. The number of carbonyl (C=O) groups is 2. The van der Waals surface area contributed by atoms with E-state index in [0.717, 1.165) is 43.2 Å². The number of nitrogens with zero attached hydrogens (tertiary/aromatic N) is 3. The van der Waals surface area contributed by atoms with E-state index in [9.17, 15) is 14.0 Å². The lowest BCUT2D eigenvalue weighted by molar-refractivity contribution is 0.0953. The summed E-state index contributed by atoms with van der Waals surface area (Å²) in [6.45, 7) is 3.38. The lowest BCUT2D eigenvalue weighted by Crippen LogP contribution is -2.31. The maximum absolute atomic E-state index is 13.0. The van der Waals surface area contributed by atoms with Crippen molar-refractivity contribution < 1.29 is 23.5 Å². The number of thiazole rings is 1. The van der Waals surface area contributed by atoms with Gasteiger partial charge in [-0.05, 0) is 44.0 Å².